The number of hydrogen-bond donors (Lipinski definition) is 1. The fraction of sp³-hybridized carbons (Fsp3) is 0.222. The number of nitrogens with zero attached hydrogens (tertiary/aromatic N) is 5. The highest BCUT2D eigenvalue weighted by atomic mass is 32.1. The van der Waals surface area contributed by atoms with Gasteiger partial charge in [0, 0.05) is 44.0 Å². The summed E-state index contributed by atoms with van der Waals surface area (Å²) >= 11 is 1.39. The summed E-state index contributed by atoms with van der Waals surface area (Å²) in [6.07, 6.45) is 4.85. The molecule has 7 nitrogen and oxygen atoms in total. The van der Waals surface area contributed by atoms with Crippen LogP contribution in [0.25, 0.3) is 10.7 Å². The van der Waals surface area contributed by atoms with Gasteiger partial charge in [0.25, 0.3) is 5.91 Å². The monoisotopic (exact) mass is 367 g/mol. The molecule has 1 fully saturated rings. The Labute approximate surface area is 154 Å². The molecule has 1 aliphatic heterocycles. The Morgan fingerprint density at radius 1 is 1.12 bits per heavy atom. The topological polar surface area (TPSA) is 82.5 Å². The van der Waals surface area contributed by atoms with E-state index in [0.717, 1.165) is 5.69 Å². The lowest BCUT2D eigenvalue weighted by atomic mass is 10.2. The van der Waals surface area contributed by atoms with Crippen LogP contribution >= 0.6 is 11.3 Å². The van der Waals surface area contributed by atoms with Gasteiger partial charge in [0.05, 0.1) is 11.9 Å². The van der Waals surface area contributed by atoms with Gasteiger partial charge in [0.15, 0.2) is 0 Å². The molecule has 8 heteroatoms. The Morgan fingerprint density at radius 3 is 2.65 bits per heavy atom. The van der Waals surface area contributed by atoms with Gasteiger partial charge in [-0.25, -0.2) is 4.98 Å². The van der Waals surface area contributed by atoms with E-state index in [-0.39, 0.29) is 11.7 Å². The number of benzene rings is 1. The number of amides is 1. The number of para-hydroxylation sites is 2. The quantitative estimate of drug-likeness (QED) is 0.765. The van der Waals surface area contributed by atoms with Gasteiger partial charge in [0.1, 0.15) is 22.1 Å². The summed E-state index contributed by atoms with van der Waals surface area (Å²) < 4.78 is 0. The van der Waals surface area contributed by atoms with Crippen LogP contribution in [0.3, 0.4) is 0 Å². The van der Waals surface area contributed by atoms with Crippen molar-refractivity contribution < 1.29 is 9.90 Å². The van der Waals surface area contributed by atoms with Crippen molar-refractivity contribution in [1.82, 2.24) is 19.9 Å². The summed E-state index contributed by atoms with van der Waals surface area (Å²) in [4.78, 5) is 29.3. The van der Waals surface area contributed by atoms with Gasteiger partial charge < -0.3 is 14.9 Å². The summed E-state index contributed by atoms with van der Waals surface area (Å²) in [6.45, 7) is 2.52. The minimum absolute atomic E-state index is 0.0756. The Balaban J connectivity index is 1.43. The maximum atomic E-state index is 12.7. The van der Waals surface area contributed by atoms with Gasteiger partial charge in [-0.15, -0.1) is 11.3 Å². The normalized spacial score (nSPS) is 14.5. The maximum absolute atomic E-state index is 12.7. The largest absolute Gasteiger partial charge is 0.506 e. The van der Waals surface area contributed by atoms with Gasteiger partial charge in [-0.2, -0.15) is 0 Å². The summed E-state index contributed by atoms with van der Waals surface area (Å²) in [5.41, 5.74) is 1.91. The second-order valence-corrected chi connectivity index (χ2v) is 6.75. The molecule has 1 amide bonds. The number of phenols is 1. The first-order valence-electron chi connectivity index (χ1n) is 8.26. The molecule has 3 aromatic rings. The molecule has 0 atom stereocenters. The second-order valence-electron chi connectivity index (χ2n) is 5.90. The molecule has 0 aliphatic carbocycles. The van der Waals surface area contributed by atoms with Crippen molar-refractivity contribution >= 4 is 22.9 Å². The number of aromatic nitrogens is 3. The molecular weight excluding hydrogens is 350 g/mol. The van der Waals surface area contributed by atoms with Crippen LogP contribution in [0.1, 0.15) is 10.5 Å². The van der Waals surface area contributed by atoms with Gasteiger partial charge in [-0.1, -0.05) is 12.1 Å². The first kappa shape index (κ1) is 16.5. The average molecular weight is 367 g/mol. The van der Waals surface area contributed by atoms with E-state index >= 15 is 0 Å². The van der Waals surface area contributed by atoms with E-state index in [1.165, 1.54) is 11.3 Å². The van der Waals surface area contributed by atoms with Crippen molar-refractivity contribution in [3.8, 4) is 16.5 Å². The minimum Gasteiger partial charge on any atom is -0.506 e. The van der Waals surface area contributed by atoms with E-state index in [2.05, 4.69) is 19.9 Å². The third kappa shape index (κ3) is 3.23. The molecule has 3 heterocycles. The summed E-state index contributed by atoms with van der Waals surface area (Å²) in [7, 11) is 0. The predicted molar refractivity (Wildman–Crippen MR) is 99.4 cm³/mol. The highest BCUT2D eigenvalue weighted by molar-refractivity contribution is 7.13. The highest BCUT2D eigenvalue weighted by Crippen LogP contribution is 2.27. The average Bonchev–Trinajstić information content (AvgIpc) is 3.19. The SMILES string of the molecule is O=C(c1csc(-c2cnccn2)n1)N1CCN(c2ccccc2O)CC1. The molecule has 4 rings (SSSR count). The summed E-state index contributed by atoms with van der Waals surface area (Å²) in [6, 6.07) is 7.27. The van der Waals surface area contributed by atoms with Crippen LogP contribution in [0.2, 0.25) is 0 Å². The lowest BCUT2D eigenvalue weighted by molar-refractivity contribution is 0.0741. The molecule has 26 heavy (non-hydrogen) atoms. The number of rotatable bonds is 3. The molecule has 0 radical (unpaired) electrons. The number of thiazole rings is 1. The zero-order valence-corrected chi connectivity index (χ0v) is 14.8. The Kier molecular flexibility index (Phi) is 4.49. The fourth-order valence-electron chi connectivity index (χ4n) is 2.94. The van der Waals surface area contributed by atoms with Gasteiger partial charge in [-0.05, 0) is 12.1 Å². The van der Waals surface area contributed by atoms with Crippen molar-refractivity contribution in [3.63, 3.8) is 0 Å². The summed E-state index contributed by atoms with van der Waals surface area (Å²) in [5.74, 6) is 0.189. The molecule has 2 aromatic heterocycles. The van der Waals surface area contributed by atoms with Gasteiger partial charge >= 0.3 is 0 Å². The molecule has 132 valence electrons. The lowest BCUT2D eigenvalue weighted by Gasteiger charge is -2.36. The molecular formula is C18H17N5O2S. The maximum Gasteiger partial charge on any atom is 0.273 e. The van der Waals surface area contributed by atoms with Crippen molar-refractivity contribution in [2.45, 2.75) is 0 Å². The number of hydrogen-bond acceptors (Lipinski definition) is 7. The molecule has 1 aromatic carbocycles. The van der Waals surface area contributed by atoms with E-state index in [0.29, 0.717) is 42.6 Å². The molecule has 0 spiro atoms. The number of carbonyl (C=O) groups is 1. The first-order valence-corrected chi connectivity index (χ1v) is 9.14. The van der Waals surface area contributed by atoms with Gasteiger partial charge in [0.2, 0.25) is 0 Å². The Bertz CT molecular complexity index is 907. The molecule has 0 saturated carbocycles. The number of anilines is 1. The molecule has 0 bridgehead atoms. The van der Waals surface area contributed by atoms with E-state index in [4.69, 9.17) is 0 Å². The zero-order valence-electron chi connectivity index (χ0n) is 13.9. The van der Waals surface area contributed by atoms with E-state index in [9.17, 15) is 9.90 Å². The van der Waals surface area contributed by atoms with Gasteiger partial charge in [-0.3, -0.25) is 14.8 Å². The third-order valence-electron chi connectivity index (χ3n) is 4.29. The molecule has 1 N–H and O–H groups in total. The van der Waals surface area contributed by atoms with E-state index < -0.39 is 0 Å². The van der Waals surface area contributed by atoms with Crippen molar-refractivity contribution in [1.29, 1.82) is 0 Å². The minimum atomic E-state index is -0.0756. The van der Waals surface area contributed by atoms with Crippen LogP contribution in [0.5, 0.6) is 5.75 Å². The number of phenolic OH excluding ortho intramolecular Hbond substituents is 1. The predicted octanol–water partition coefficient (Wildman–Crippen LogP) is 2.27. The molecule has 1 aliphatic rings. The van der Waals surface area contributed by atoms with Crippen LogP contribution in [0.4, 0.5) is 5.69 Å². The van der Waals surface area contributed by atoms with E-state index in [1.54, 1.807) is 41.0 Å². The Hall–Kier alpha value is -3.00. The van der Waals surface area contributed by atoms with E-state index in [1.807, 2.05) is 12.1 Å². The van der Waals surface area contributed by atoms with Crippen molar-refractivity contribution in [3.05, 3.63) is 53.9 Å². The zero-order chi connectivity index (χ0) is 17.9. The highest BCUT2D eigenvalue weighted by Gasteiger charge is 2.25. The number of carbonyl (C=O) groups excluding carboxylic acids is 1. The van der Waals surface area contributed by atoms with Crippen molar-refractivity contribution in [2.75, 3.05) is 31.1 Å². The van der Waals surface area contributed by atoms with Crippen LogP contribution < -0.4 is 4.90 Å². The fourth-order valence-corrected chi connectivity index (χ4v) is 3.70. The number of aromatic hydroxyl groups is 1. The number of piperazine rings is 1. The smallest absolute Gasteiger partial charge is 0.273 e. The van der Waals surface area contributed by atoms with Crippen LogP contribution in [-0.4, -0.2) is 57.0 Å². The van der Waals surface area contributed by atoms with Crippen LogP contribution in [0.15, 0.2) is 48.2 Å². The molecule has 1 saturated heterocycles. The molecule has 0 unspecified atom stereocenters. The first-order chi connectivity index (χ1) is 12.7. The lowest BCUT2D eigenvalue weighted by Crippen LogP contribution is -2.48. The van der Waals surface area contributed by atoms with Crippen molar-refractivity contribution in [2.24, 2.45) is 0 Å². The van der Waals surface area contributed by atoms with Crippen LogP contribution in [-0.2, 0) is 0 Å². The second kappa shape index (κ2) is 7.09. The van der Waals surface area contributed by atoms with Crippen LogP contribution in [0, 0.1) is 0 Å². The third-order valence-corrected chi connectivity index (χ3v) is 5.16. The Morgan fingerprint density at radius 2 is 1.92 bits per heavy atom. The standard InChI is InChI=1S/C18H17N5O2S/c24-16-4-2-1-3-15(16)22-7-9-23(10-8-22)18(25)14-12-26-17(21-14)13-11-19-5-6-20-13/h1-6,11-12,24H,7-10H2. The summed E-state index contributed by atoms with van der Waals surface area (Å²) in [5, 5.41) is 12.4.